The number of aliphatic carboxylic acids is 1. The topological polar surface area (TPSA) is 114 Å². The number of nitrogens with one attached hydrogen (secondary N) is 1. The summed E-state index contributed by atoms with van der Waals surface area (Å²) in [7, 11) is 0. The van der Waals surface area contributed by atoms with Crippen LogP contribution in [0, 0.1) is 0 Å². The third-order valence-corrected chi connectivity index (χ3v) is 1.59. The van der Waals surface area contributed by atoms with Gasteiger partial charge < -0.3 is 15.6 Å². The first kappa shape index (κ1) is 14.2. The monoisotopic (exact) mass is 231 g/mol. The van der Waals surface area contributed by atoms with Gasteiger partial charge in [0.2, 0.25) is 0 Å². The van der Waals surface area contributed by atoms with Crippen LogP contribution in [0.15, 0.2) is 4.99 Å². The second kappa shape index (κ2) is 8.51. The van der Waals surface area contributed by atoms with Gasteiger partial charge in [0.25, 0.3) is 0 Å². The maximum Gasteiger partial charge on any atom is 0.413 e. The lowest BCUT2D eigenvalue weighted by molar-refractivity contribution is -0.137. The summed E-state index contributed by atoms with van der Waals surface area (Å²) in [5, 5.41) is 10.6. The second-order valence-electron chi connectivity index (χ2n) is 2.96. The Morgan fingerprint density at radius 3 is 2.69 bits per heavy atom. The molecule has 0 aromatic rings. The van der Waals surface area contributed by atoms with E-state index in [2.05, 4.69) is 15.0 Å². The fraction of sp³-hybridized carbons (Fsp3) is 0.667. The van der Waals surface area contributed by atoms with Crippen molar-refractivity contribution < 1.29 is 19.4 Å². The van der Waals surface area contributed by atoms with E-state index in [4.69, 9.17) is 10.8 Å². The molecule has 0 unspecified atom stereocenters. The highest BCUT2D eigenvalue weighted by Gasteiger charge is 2.01. The quantitative estimate of drug-likeness (QED) is 0.345. The van der Waals surface area contributed by atoms with Crippen LogP contribution in [0.3, 0.4) is 0 Å². The normalized spacial score (nSPS) is 10.9. The summed E-state index contributed by atoms with van der Waals surface area (Å²) in [6, 6.07) is 0. The van der Waals surface area contributed by atoms with Gasteiger partial charge in [-0.05, 0) is 19.8 Å². The summed E-state index contributed by atoms with van der Waals surface area (Å²) >= 11 is 0. The Morgan fingerprint density at radius 1 is 1.44 bits per heavy atom. The molecule has 0 atom stereocenters. The molecular formula is C9H17N3O4. The van der Waals surface area contributed by atoms with Crippen LogP contribution in [-0.2, 0) is 9.53 Å². The van der Waals surface area contributed by atoms with Gasteiger partial charge in [-0.1, -0.05) is 0 Å². The van der Waals surface area contributed by atoms with Gasteiger partial charge in [-0.25, -0.2) is 4.79 Å². The minimum absolute atomic E-state index is 0.0197. The van der Waals surface area contributed by atoms with Crippen LogP contribution in [0.5, 0.6) is 0 Å². The maximum atomic E-state index is 10.9. The summed E-state index contributed by atoms with van der Waals surface area (Å²) in [4.78, 5) is 24.9. The highest BCUT2D eigenvalue weighted by molar-refractivity contribution is 5.92. The zero-order valence-corrected chi connectivity index (χ0v) is 9.23. The first-order chi connectivity index (χ1) is 7.56. The van der Waals surface area contributed by atoms with Crippen molar-refractivity contribution in [2.75, 3.05) is 13.2 Å². The van der Waals surface area contributed by atoms with Crippen molar-refractivity contribution in [1.29, 1.82) is 0 Å². The molecule has 0 aromatic heterocycles. The van der Waals surface area contributed by atoms with Crippen LogP contribution in [0.25, 0.3) is 0 Å². The van der Waals surface area contributed by atoms with Gasteiger partial charge >= 0.3 is 12.1 Å². The van der Waals surface area contributed by atoms with Crippen molar-refractivity contribution >= 4 is 18.0 Å². The lowest BCUT2D eigenvalue weighted by atomic mass is 10.2. The molecule has 16 heavy (non-hydrogen) atoms. The van der Waals surface area contributed by atoms with Crippen molar-refractivity contribution in [3.63, 3.8) is 0 Å². The van der Waals surface area contributed by atoms with Gasteiger partial charge in [0.05, 0.1) is 6.61 Å². The van der Waals surface area contributed by atoms with E-state index in [9.17, 15) is 9.59 Å². The summed E-state index contributed by atoms with van der Waals surface area (Å²) in [5.41, 5.74) is 5.37. The highest BCUT2D eigenvalue weighted by Crippen LogP contribution is 1.95. The summed E-state index contributed by atoms with van der Waals surface area (Å²) in [6.45, 7) is 2.32. The summed E-state index contributed by atoms with van der Waals surface area (Å²) in [5.74, 6) is -0.852. The number of amides is 1. The van der Waals surface area contributed by atoms with Crippen molar-refractivity contribution in [1.82, 2.24) is 5.32 Å². The number of aliphatic imine (C=N–C) groups is 1. The Hall–Kier alpha value is -1.79. The molecule has 0 spiro atoms. The predicted octanol–water partition coefficient (Wildman–Crippen LogP) is 0.302. The molecule has 0 aliphatic rings. The molecular weight excluding hydrogens is 214 g/mol. The zero-order chi connectivity index (χ0) is 12.4. The fourth-order valence-corrected chi connectivity index (χ4v) is 0.899. The highest BCUT2D eigenvalue weighted by atomic mass is 16.5. The van der Waals surface area contributed by atoms with Gasteiger partial charge in [0.1, 0.15) is 0 Å². The lowest BCUT2D eigenvalue weighted by Crippen LogP contribution is -2.37. The van der Waals surface area contributed by atoms with Crippen LogP contribution < -0.4 is 11.1 Å². The van der Waals surface area contributed by atoms with Crippen LogP contribution >= 0.6 is 0 Å². The van der Waals surface area contributed by atoms with E-state index < -0.39 is 12.1 Å². The fourth-order valence-electron chi connectivity index (χ4n) is 0.899. The third kappa shape index (κ3) is 8.79. The molecule has 0 aromatic carbocycles. The van der Waals surface area contributed by atoms with E-state index in [0.717, 1.165) is 0 Å². The van der Waals surface area contributed by atoms with E-state index in [0.29, 0.717) is 19.4 Å². The molecule has 7 heteroatoms. The molecule has 0 heterocycles. The lowest BCUT2D eigenvalue weighted by Gasteiger charge is -2.03. The maximum absolute atomic E-state index is 10.9. The average Bonchev–Trinajstić information content (AvgIpc) is 2.16. The second-order valence-corrected chi connectivity index (χ2v) is 2.96. The Labute approximate surface area is 93.7 Å². The number of unbranched alkanes of at least 4 members (excludes halogenated alkanes) is 1. The molecule has 7 nitrogen and oxygen atoms in total. The number of guanidine groups is 1. The average molecular weight is 231 g/mol. The largest absolute Gasteiger partial charge is 0.481 e. The first-order valence-electron chi connectivity index (χ1n) is 5.01. The van der Waals surface area contributed by atoms with E-state index in [1.54, 1.807) is 6.92 Å². The number of rotatable bonds is 6. The van der Waals surface area contributed by atoms with Crippen molar-refractivity contribution in [3.05, 3.63) is 0 Å². The number of nitrogens with zero attached hydrogens (tertiary/aromatic N) is 1. The smallest absolute Gasteiger partial charge is 0.413 e. The van der Waals surface area contributed by atoms with Gasteiger partial charge in [-0.15, -0.1) is 0 Å². The molecule has 92 valence electrons. The summed E-state index contributed by atoms with van der Waals surface area (Å²) < 4.78 is 4.58. The minimum Gasteiger partial charge on any atom is -0.481 e. The number of carbonyl (C=O) groups excluding carboxylic acids is 1. The number of carboxylic acid groups (broad SMARTS) is 1. The molecule has 0 aliphatic carbocycles. The number of alkyl carbamates (subject to hydrolysis) is 1. The van der Waals surface area contributed by atoms with Gasteiger partial charge in [-0.2, -0.15) is 0 Å². The molecule has 0 aliphatic heterocycles. The van der Waals surface area contributed by atoms with Gasteiger partial charge in [0.15, 0.2) is 5.96 Å². The zero-order valence-electron chi connectivity index (χ0n) is 9.23. The molecule has 0 fully saturated rings. The number of ether oxygens (including phenoxy) is 1. The Balaban J connectivity index is 3.62. The van der Waals surface area contributed by atoms with Crippen LogP contribution in [0.4, 0.5) is 4.79 Å². The number of nitrogens with two attached hydrogens (primary N) is 1. The standard InChI is InChI=1S/C9H17N3O4/c1-2-16-9(15)12-8(10)11-6-4-3-5-7(13)14/h2-6H2,1H3,(H,13,14)(H3,10,11,12,15). The van der Waals surface area contributed by atoms with Crippen molar-refractivity contribution in [2.24, 2.45) is 10.7 Å². The Kier molecular flexibility index (Phi) is 7.56. The van der Waals surface area contributed by atoms with E-state index in [-0.39, 0.29) is 19.0 Å². The van der Waals surface area contributed by atoms with Crippen molar-refractivity contribution in [3.8, 4) is 0 Å². The van der Waals surface area contributed by atoms with E-state index in [1.165, 1.54) is 0 Å². The minimum atomic E-state index is -0.832. The number of hydrogen-bond acceptors (Lipinski definition) is 4. The molecule has 0 bridgehead atoms. The first-order valence-corrected chi connectivity index (χ1v) is 5.01. The molecule has 0 radical (unpaired) electrons. The SMILES string of the molecule is CCOC(=O)NC(N)=NCCCCC(=O)O. The predicted molar refractivity (Wildman–Crippen MR) is 58.1 cm³/mol. The van der Waals surface area contributed by atoms with E-state index in [1.807, 2.05) is 0 Å². The molecule has 1 amide bonds. The molecule has 4 N–H and O–H groups in total. The molecule has 0 saturated heterocycles. The number of hydrogen-bond donors (Lipinski definition) is 3. The number of carbonyl (C=O) groups is 2. The third-order valence-electron chi connectivity index (χ3n) is 1.59. The van der Waals surface area contributed by atoms with Crippen LogP contribution in [0.1, 0.15) is 26.2 Å². The van der Waals surface area contributed by atoms with Crippen LogP contribution in [0.2, 0.25) is 0 Å². The molecule has 0 saturated carbocycles. The molecule has 0 rings (SSSR count). The Bertz CT molecular complexity index is 265. The number of carboxylic acids is 1. The van der Waals surface area contributed by atoms with Gasteiger partial charge in [0, 0.05) is 13.0 Å². The summed E-state index contributed by atoms with van der Waals surface area (Å²) in [6.07, 6.45) is 0.610. The van der Waals surface area contributed by atoms with Gasteiger partial charge in [-0.3, -0.25) is 15.1 Å². The van der Waals surface area contributed by atoms with Crippen LogP contribution in [-0.4, -0.2) is 36.3 Å². The van der Waals surface area contributed by atoms with Crippen molar-refractivity contribution in [2.45, 2.75) is 26.2 Å². The Morgan fingerprint density at radius 2 is 2.12 bits per heavy atom. The van der Waals surface area contributed by atoms with E-state index >= 15 is 0 Å².